The van der Waals surface area contributed by atoms with Crippen molar-refractivity contribution in [3.63, 3.8) is 0 Å². The van der Waals surface area contributed by atoms with E-state index in [-0.39, 0.29) is 5.43 Å². The minimum atomic E-state index is -0.0436. The quantitative estimate of drug-likeness (QED) is 0.693. The van der Waals surface area contributed by atoms with Crippen LogP contribution in [0.5, 0.6) is 11.5 Å². The van der Waals surface area contributed by atoms with E-state index >= 15 is 0 Å². The van der Waals surface area contributed by atoms with Gasteiger partial charge in [0.15, 0.2) is 5.43 Å². The molecule has 0 bridgehead atoms. The Bertz CT molecular complexity index is 945. The first-order chi connectivity index (χ1) is 12.7. The largest absolute Gasteiger partial charge is 0.497 e. The van der Waals surface area contributed by atoms with Crippen LogP contribution < -0.4 is 14.9 Å². The van der Waals surface area contributed by atoms with Crippen molar-refractivity contribution in [3.05, 3.63) is 58.4 Å². The molecule has 3 rings (SSSR count). The van der Waals surface area contributed by atoms with Crippen LogP contribution in [0.1, 0.15) is 18.9 Å². The summed E-state index contributed by atoms with van der Waals surface area (Å²) in [6.07, 6.45) is 2.64. The van der Waals surface area contributed by atoms with E-state index in [2.05, 4.69) is 4.98 Å². The van der Waals surface area contributed by atoms with Gasteiger partial charge in [-0.05, 0) is 35.7 Å². The highest BCUT2D eigenvalue weighted by Crippen LogP contribution is 2.28. The predicted octanol–water partition coefficient (Wildman–Crippen LogP) is 4.14. The molecule has 0 radical (unpaired) electrons. The van der Waals surface area contributed by atoms with Crippen molar-refractivity contribution in [1.82, 2.24) is 4.98 Å². The van der Waals surface area contributed by atoms with Gasteiger partial charge in [-0.1, -0.05) is 25.1 Å². The second-order valence-electron chi connectivity index (χ2n) is 6.01. The van der Waals surface area contributed by atoms with Gasteiger partial charge in [-0.2, -0.15) is 0 Å². The summed E-state index contributed by atoms with van der Waals surface area (Å²) in [5.41, 5.74) is 2.93. The van der Waals surface area contributed by atoms with Crippen LogP contribution in [0, 0.1) is 0 Å². The van der Waals surface area contributed by atoms with E-state index < -0.39 is 0 Å². The Balaban J connectivity index is 2.19. The maximum atomic E-state index is 13.2. The third-order valence-corrected chi connectivity index (χ3v) is 4.25. The number of methoxy groups -OCH3 is 2. The van der Waals surface area contributed by atoms with Crippen LogP contribution >= 0.6 is 0 Å². The van der Waals surface area contributed by atoms with E-state index in [1.165, 1.54) is 0 Å². The predicted molar refractivity (Wildman–Crippen MR) is 103 cm³/mol. The number of pyridine rings is 1. The lowest BCUT2D eigenvalue weighted by atomic mass is 10.0. The number of hydrogen-bond donors (Lipinski definition) is 1. The molecular formula is C21H23NO4. The first-order valence-electron chi connectivity index (χ1n) is 8.63. The fraction of sp³-hybridized carbons (Fsp3) is 0.286. The molecule has 5 nitrogen and oxygen atoms in total. The molecule has 0 aliphatic heterocycles. The first kappa shape index (κ1) is 18.0. The lowest BCUT2D eigenvalue weighted by Gasteiger charge is -2.13. The Morgan fingerprint density at radius 1 is 1.04 bits per heavy atom. The van der Waals surface area contributed by atoms with Crippen molar-refractivity contribution in [2.45, 2.75) is 20.0 Å². The topological polar surface area (TPSA) is 60.6 Å². The molecule has 0 aliphatic carbocycles. The molecule has 1 N–H and O–H groups in total. The van der Waals surface area contributed by atoms with Gasteiger partial charge in [-0.15, -0.1) is 0 Å². The lowest BCUT2D eigenvalue weighted by molar-refractivity contribution is 0.186. The molecule has 2 aromatic carbocycles. The highest BCUT2D eigenvalue weighted by molar-refractivity contribution is 5.90. The van der Waals surface area contributed by atoms with Crippen LogP contribution in [0.25, 0.3) is 22.0 Å². The number of aromatic amines is 1. The summed E-state index contributed by atoms with van der Waals surface area (Å²) in [5.74, 6) is 1.43. The SMILES string of the molecule is CCCOc1ccc(COC)c2c(=O)c(-c3ccc(OC)cc3)c[nH]c12. The van der Waals surface area contributed by atoms with E-state index in [1.54, 1.807) is 20.4 Å². The second-order valence-corrected chi connectivity index (χ2v) is 6.01. The third-order valence-electron chi connectivity index (χ3n) is 4.25. The minimum Gasteiger partial charge on any atom is -0.497 e. The minimum absolute atomic E-state index is 0.0436. The van der Waals surface area contributed by atoms with Gasteiger partial charge in [0.25, 0.3) is 0 Å². The van der Waals surface area contributed by atoms with Gasteiger partial charge in [0, 0.05) is 18.9 Å². The van der Waals surface area contributed by atoms with Crippen LogP contribution in [0.2, 0.25) is 0 Å². The molecule has 1 heterocycles. The molecule has 0 aliphatic rings. The molecule has 1 aromatic heterocycles. The standard InChI is InChI=1S/C21H23NO4/c1-4-11-26-18-10-7-15(13-24-2)19-20(18)22-12-17(21(19)23)14-5-8-16(25-3)9-6-14/h5-10,12H,4,11,13H2,1-3H3,(H,22,23). The summed E-state index contributed by atoms with van der Waals surface area (Å²) in [6, 6.07) is 11.2. The van der Waals surface area contributed by atoms with E-state index in [1.807, 2.05) is 43.3 Å². The third kappa shape index (κ3) is 3.44. The fourth-order valence-electron chi connectivity index (χ4n) is 2.97. The van der Waals surface area contributed by atoms with E-state index in [4.69, 9.17) is 14.2 Å². The smallest absolute Gasteiger partial charge is 0.197 e. The maximum absolute atomic E-state index is 13.2. The average molecular weight is 353 g/mol. The molecule has 0 unspecified atom stereocenters. The Morgan fingerprint density at radius 2 is 1.81 bits per heavy atom. The number of ether oxygens (including phenoxy) is 3. The molecule has 0 fully saturated rings. The van der Waals surface area contributed by atoms with Crippen molar-refractivity contribution in [2.24, 2.45) is 0 Å². The van der Waals surface area contributed by atoms with Gasteiger partial charge in [0.2, 0.25) is 0 Å². The number of nitrogens with one attached hydrogen (secondary N) is 1. The molecule has 3 aromatic rings. The second kappa shape index (κ2) is 8.06. The molecular weight excluding hydrogens is 330 g/mol. The Morgan fingerprint density at radius 3 is 2.46 bits per heavy atom. The molecule has 0 atom stereocenters. The van der Waals surface area contributed by atoms with Gasteiger partial charge < -0.3 is 19.2 Å². The van der Waals surface area contributed by atoms with E-state index in [0.717, 1.165) is 23.3 Å². The molecule has 136 valence electrons. The summed E-state index contributed by atoms with van der Waals surface area (Å²) in [5, 5.41) is 0.605. The highest BCUT2D eigenvalue weighted by Gasteiger charge is 2.15. The Hall–Kier alpha value is -2.79. The van der Waals surface area contributed by atoms with Gasteiger partial charge in [0.05, 0.1) is 31.2 Å². The normalized spacial score (nSPS) is 10.9. The molecule has 0 saturated heterocycles. The summed E-state index contributed by atoms with van der Waals surface area (Å²) in [7, 11) is 3.24. The molecule has 5 heteroatoms. The number of benzene rings is 2. The Kier molecular flexibility index (Phi) is 5.58. The number of fused-ring (bicyclic) bond motifs is 1. The number of H-pyrrole nitrogens is 1. The average Bonchev–Trinajstić information content (AvgIpc) is 2.68. The maximum Gasteiger partial charge on any atom is 0.197 e. The van der Waals surface area contributed by atoms with Gasteiger partial charge >= 0.3 is 0 Å². The van der Waals surface area contributed by atoms with Gasteiger partial charge in [-0.3, -0.25) is 4.79 Å². The lowest BCUT2D eigenvalue weighted by Crippen LogP contribution is -2.10. The highest BCUT2D eigenvalue weighted by atomic mass is 16.5. The van der Waals surface area contributed by atoms with Crippen molar-refractivity contribution >= 4 is 10.9 Å². The molecule has 26 heavy (non-hydrogen) atoms. The molecule has 0 saturated carbocycles. The summed E-state index contributed by atoms with van der Waals surface area (Å²) in [4.78, 5) is 16.5. The molecule has 0 amide bonds. The van der Waals surface area contributed by atoms with Crippen LogP contribution in [-0.2, 0) is 11.3 Å². The zero-order valence-electron chi connectivity index (χ0n) is 15.3. The van der Waals surface area contributed by atoms with Gasteiger partial charge in [-0.25, -0.2) is 0 Å². The Labute approximate surface area is 152 Å². The van der Waals surface area contributed by atoms with Crippen molar-refractivity contribution < 1.29 is 14.2 Å². The van der Waals surface area contributed by atoms with Crippen LogP contribution in [-0.4, -0.2) is 25.8 Å². The monoisotopic (exact) mass is 353 g/mol. The van der Waals surface area contributed by atoms with Crippen LogP contribution in [0.4, 0.5) is 0 Å². The molecule has 0 spiro atoms. The first-order valence-corrected chi connectivity index (χ1v) is 8.63. The van der Waals surface area contributed by atoms with E-state index in [9.17, 15) is 4.79 Å². The number of aromatic nitrogens is 1. The van der Waals surface area contributed by atoms with Crippen molar-refractivity contribution in [1.29, 1.82) is 0 Å². The number of hydrogen-bond acceptors (Lipinski definition) is 4. The van der Waals surface area contributed by atoms with Crippen LogP contribution in [0.3, 0.4) is 0 Å². The summed E-state index contributed by atoms with van der Waals surface area (Å²) in [6.45, 7) is 3.01. The van der Waals surface area contributed by atoms with Crippen molar-refractivity contribution in [3.8, 4) is 22.6 Å². The zero-order valence-corrected chi connectivity index (χ0v) is 15.3. The van der Waals surface area contributed by atoms with E-state index in [0.29, 0.717) is 35.4 Å². The van der Waals surface area contributed by atoms with Crippen LogP contribution in [0.15, 0.2) is 47.4 Å². The van der Waals surface area contributed by atoms with Gasteiger partial charge in [0.1, 0.15) is 11.5 Å². The number of rotatable bonds is 7. The zero-order chi connectivity index (χ0) is 18.5. The summed E-state index contributed by atoms with van der Waals surface area (Å²) >= 11 is 0. The fourth-order valence-corrected chi connectivity index (χ4v) is 2.97. The van der Waals surface area contributed by atoms with Crippen molar-refractivity contribution in [2.75, 3.05) is 20.8 Å². The summed E-state index contributed by atoms with van der Waals surface area (Å²) < 4.78 is 16.3.